The number of amides is 3. The zero-order valence-electron chi connectivity index (χ0n) is 15.3. The van der Waals surface area contributed by atoms with Crippen molar-refractivity contribution in [2.24, 2.45) is 0 Å². The standard InChI is InChI=1S/C20H16Cl4N2O3/c1-2-3-4-17(18(27)25-16-6-5-10(21)7-15(16)24)26-19(28)11-8-13(22)14(23)9-12(11)20(26)29/h5-9,17H,2-4H2,1H3,(H,25,27)/t17-/m0/s1. The van der Waals surface area contributed by atoms with E-state index in [9.17, 15) is 14.4 Å². The van der Waals surface area contributed by atoms with Crippen LogP contribution in [0.4, 0.5) is 5.69 Å². The molecule has 0 unspecified atom stereocenters. The molecular weight excluding hydrogens is 458 g/mol. The minimum absolute atomic E-state index is 0.128. The third-order valence-electron chi connectivity index (χ3n) is 4.59. The number of carbonyl (C=O) groups is 3. The molecule has 0 bridgehead atoms. The number of nitrogens with zero attached hydrogens (tertiary/aromatic N) is 1. The number of hydrogen-bond donors (Lipinski definition) is 1. The Morgan fingerprint density at radius 1 is 0.966 bits per heavy atom. The van der Waals surface area contributed by atoms with Crippen molar-refractivity contribution in [2.75, 3.05) is 5.32 Å². The molecule has 0 saturated heterocycles. The summed E-state index contributed by atoms with van der Waals surface area (Å²) in [6, 6.07) is 6.32. The molecule has 9 heteroatoms. The van der Waals surface area contributed by atoms with Gasteiger partial charge in [0.25, 0.3) is 11.8 Å². The third-order valence-corrected chi connectivity index (χ3v) is 5.86. The van der Waals surface area contributed by atoms with Crippen LogP contribution >= 0.6 is 46.4 Å². The fraction of sp³-hybridized carbons (Fsp3) is 0.250. The molecule has 0 radical (unpaired) electrons. The second-order valence-corrected chi connectivity index (χ2v) is 8.22. The number of hydrogen-bond acceptors (Lipinski definition) is 3. The van der Waals surface area contributed by atoms with E-state index in [1.165, 1.54) is 18.2 Å². The van der Waals surface area contributed by atoms with Gasteiger partial charge in [-0.1, -0.05) is 66.2 Å². The molecule has 1 heterocycles. The summed E-state index contributed by atoms with van der Waals surface area (Å²) in [5.74, 6) is -1.68. The maximum Gasteiger partial charge on any atom is 0.262 e. The molecule has 3 amide bonds. The van der Waals surface area contributed by atoms with Gasteiger partial charge in [0.15, 0.2) is 0 Å². The number of rotatable bonds is 6. The van der Waals surface area contributed by atoms with E-state index in [0.29, 0.717) is 23.6 Å². The molecule has 152 valence electrons. The van der Waals surface area contributed by atoms with Gasteiger partial charge < -0.3 is 5.32 Å². The Hall–Kier alpha value is -1.79. The minimum Gasteiger partial charge on any atom is -0.323 e. The van der Waals surface area contributed by atoms with Crippen molar-refractivity contribution in [1.82, 2.24) is 4.90 Å². The highest BCUT2D eigenvalue weighted by molar-refractivity contribution is 6.43. The van der Waals surface area contributed by atoms with E-state index in [-0.39, 0.29) is 26.2 Å². The minimum atomic E-state index is -1.01. The Balaban J connectivity index is 1.93. The van der Waals surface area contributed by atoms with Crippen LogP contribution in [0.1, 0.15) is 46.9 Å². The number of imide groups is 1. The smallest absolute Gasteiger partial charge is 0.262 e. The molecule has 1 atom stereocenters. The van der Waals surface area contributed by atoms with Crippen LogP contribution in [0.3, 0.4) is 0 Å². The normalized spacial score (nSPS) is 14.2. The Morgan fingerprint density at radius 3 is 2.07 bits per heavy atom. The van der Waals surface area contributed by atoms with Gasteiger partial charge in [0.1, 0.15) is 6.04 Å². The first-order valence-corrected chi connectivity index (χ1v) is 10.4. The fourth-order valence-corrected chi connectivity index (χ4v) is 3.90. The molecule has 0 saturated carbocycles. The summed E-state index contributed by atoms with van der Waals surface area (Å²) in [7, 11) is 0. The Labute approximate surface area is 187 Å². The molecule has 2 aromatic carbocycles. The number of benzene rings is 2. The van der Waals surface area contributed by atoms with E-state index in [1.54, 1.807) is 12.1 Å². The summed E-state index contributed by atoms with van der Waals surface area (Å²) < 4.78 is 0. The van der Waals surface area contributed by atoms with Crippen molar-refractivity contribution < 1.29 is 14.4 Å². The Morgan fingerprint density at radius 2 is 1.55 bits per heavy atom. The molecular formula is C20H16Cl4N2O3. The molecule has 0 aliphatic carbocycles. The number of fused-ring (bicyclic) bond motifs is 1. The first-order valence-electron chi connectivity index (χ1n) is 8.87. The molecule has 2 aromatic rings. The molecule has 0 aromatic heterocycles. The van der Waals surface area contributed by atoms with E-state index in [1.807, 2.05) is 6.92 Å². The average Bonchev–Trinajstić information content (AvgIpc) is 2.89. The lowest BCUT2D eigenvalue weighted by Gasteiger charge is -2.25. The van der Waals surface area contributed by atoms with E-state index < -0.39 is 23.8 Å². The van der Waals surface area contributed by atoms with Crippen LogP contribution in [0.5, 0.6) is 0 Å². The zero-order valence-corrected chi connectivity index (χ0v) is 18.3. The number of carbonyl (C=O) groups excluding carboxylic acids is 3. The number of halogens is 4. The highest BCUT2D eigenvalue weighted by atomic mass is 35.5. The Kier molecular flexibility index (Phi) is 6.74. The van der Waals surface area contributed by atoms with Gasteiger partial charge in [0, 0.05) is 5.02 Å². The van der Waals surface area contributed by atoms with Gasteiger partial charge in [0.05, 0.1) is 31.9 Å². The SMILES string of the molecule is CCCC[C@@H](C(=O)Nc1ccc(Cl)cc1Cl)N1C(=O)c2cc(Cl)c(Cl)cc2C1=O. The van der Waals surface area contributed by atoms with Crippen LogP contribution in [0, 0.1) is 0 Å². The van der Waals surface area contributed by atoms with Gasteiger partial charge >= 0.3 is 0 Å². The maximum absolute atomic E-state index is 13.0. The van der Waals surface area contributed by atoms with Crippen LogP contribution in [-0.4, -0.2) is 28.7 Å². The van der Waals surface area contributed by atoms with Gasteiger partial charge in [0.2, 0.25) is 5.91 Å². The van der Waals surface area contributed by atoms with Gasteiger partial charge in [-0.3, -0.25) is 19.3 Å². The zero-order chi connectivity index (χ0) is 21.3. The topological polar surface area (TPSA) is 66.5 Å². The number of nitrogens with one attached hydrogen (secondary N) is 1. The third kappa shape index (κ3) is 4.38. The first-order chi connectivity index (χ1) is 13.7. The fourth-order valence-electron chi connectivity index (χ4n) is 3.12. The van der Waals surface area contributed by atoms with Crippen LogP contribution in [0.25, 0.3) is 0 Å². The molecule has 1 aliphatic rings. The van der Waals surface area contributed by atoms with Gasteiger partial charge in [-0.25, -0.2) is 0 Å². The van der Waals surface area contributed by atoms with Crippen LogP contribution in [-0.2, 0) is 4.79 Å². The largest absolute Gasteiger partial charge is 0.323 e. The monoisotopic (exact) mass is 472 g/mol. The summed E-state index contributed by atoms with van der Waals surface area (Å²) in [6.45, 7) is 1.95. The lowest BCUT2D eigenvalue weighted by molar-refractivity contribution is -0.120. The van der Waals surface area contributed by atoms with Crippen LogP contribution in [0.15, 0.2) is 30.3 Å². The van der Waals surface area contributed by atoms with Gasteiger partial charge in [-0.15, -0.1) is 0 Å². The predicted octanol–water partition coefficient (Wildman–Crippen LogP) is 6.09. The van der Waals surface area contributed by atoms with Crippen molar-refractivity contribution in [3.8, 4) is 0 Å². The lowest BCUT2D eigenvalue weighted by Crippen LogP contribution is -2.47. The van der Waals surface area contributed by atoms with Crippen molar-refractivity contribution >= 4 is 69.8 Å². The summed E-state index contributed by atoms with van der Waals surface area (Å²) >= 11 is 24.0. The first kappa shape index (κ1) is 21.9. The molecule has 29 heavy (non-hydrogen) atoms. The summed E-state index contributed by atoms with van der Waals surface area (Å²) in [5, 5.41) is 3.68. The van der Waals surface area contributed by atoms with Crippen LogP contribution < -0.4 is 5.32 Å². The van der Waals surface area contributed by atoms with Gasteiger partial charge in [-0.2, -0.15) is 0 Å². The van der Waals surface area contributed by atoms with Crippen LogP contribution in [0.2, 0.25) is 20.1 Å². The van der Waals surface area contributed by atoms with Crippen molar-refractivity contribution in [3.05, 3.63) is 61.5 Å². The highest BCUT2D eigenvalue weighted by Crippen LogP contribution is 2.34. The quantitative estimate of drug-likeness (QED) is 0.516. The molecule has 1 N–H and O–H groups in total. The second-order valence-electron chi connectivity index (χ2n) is 6.56. The van der Waals surface area contributed by atoms with Crippen molar-refractivity contribution in [2.45, 2.75) is 32.2 Å². The maximum atomic E-state index is 13.0. The number of anilines is 1. The summed E-state index contributed by atoms with van der Waals surface area (Å²) in [5.41, 5.74) is 0.594. The van der Waals surface area contributed by atoms with E-state index >= 15 is 0 Å². The van der Waals surface area contributed by atoms with E-state index in [2.05, 4.69) is 5.32 Å². The second kappa shape index (κ2) is 8.92. The van der Waals surface area contributed by atoms with E-state index in [4.69, 9.17) is 46.4 Å². The summed E-state index contributed by atoms with van der Waals surface area (Å²) in [4.78, 5) is 39.8. The molecule has 0 spiro atoms. The highest BCUT2D eigenvalue weighted by Gasteiger charge is 2.43. The lowest BCUT2D eigenvalue weighted by atomic mass is 10.1. The Bertz CT molecular complexity index is 968. The summed E-state index contributed by atoms with van der Waals surface area (Å²) in [6.07, 6.45) is 1.73. The average molecular weight is 474 g/mol. The number of unbranched alkanes of at least 4 members (excludes halogenated alkanes) is 1. The van der Waals surface area contributed by atoms with Crippen molar-refractivity contribution in [3.63, 3.8) is 0 Å². The van der Waals surface area contributed by atoms with Gasteiger partial charge in [-0.05, 0) is 36.8 Å². The molecule has 1 aliphatic heterocycles. The molecule has 3 rings (SSSR count). The van der Waals surface area contributed by atoms with E-state index in [0.717, 1.165) is 11.3 Å². The van der Waals surface area contributed by atoms with Crippen molar-refractivity contribution in [1.29, 1.82) is 0 Å². The molecule has 0 fully saturated rings. The predicted molar refractivity (Wildman–Crippen MR) is 115 cm³/mol. The molecule has 5 nitrogen and oxygen atoms in total.